The molecule has 1 heterocycles. The summed E-state index contributed by atoms with van der Waals surface area (Å²) in [6, 6.07) is 61.1. The lowest BCUT2D eigenvalue weighted by Gasteiger charge is -2.22. The van der Waals surface area contributed by atoms with Crippen molar-refractivity contribution in [3.63, 3.8) is 0 Å². The second kappa shape index (κ2) is 16.0. The van der Waals surface area contributed by atoms with Gasteiger partial charge in [-0.1, -0.05) is 184 Å². The van der Waals surface area contributed by atoms with Crippen LogP contribution in [0.2, 0.25) is 0 Å². The van der Waals surface area contributed by atoms with E-state index in [-0.39, 0.29) is 5.41 Å². The summed E-state index contributed by atoms with van der Waals surface area (Å²) in [5, 5.41) is 1.06. The van der Waals surface area contributed by atoms with Crippen LogP contribution in [0.4, 0.5) is 0 Å². The largest absolute Gasteiger partial charge is 0.285 e. The topological polar surface area (TPSA) is 50.5 Å². The van der Waals surface area contributed by atoms with Crippen molar-refractivity contribution in [2.75, 3.05) is 0 Å². The monoisotopic (exact) mass is 736 g/mol. The molecule has 9 rings (SSSR count). The molecule has 0 saturated carbocycles. The highest BCUT2D eigenvalue weighted by atomic mass is 14.9. The van der Waals surface area contributed by atoms with Gasteiger partial charge in [0.2, 0.25) is 0 Å². The average Bonchev–Trinajstić information content (AvgIpc) is 3.51. The van der Waals surface area contributed by atoms with Crippen LogP contribution in [0.3, 0.4) is 0 Å². The summed E-state index contributed by atoms with van der Waals surface area (Å²) in [7, 11) is 0. The van der Waals surface area contributed by atoms with Gasteiger partial charge >= 0.3 is 0 Å². The molecule has 0 atom stereocenters. The number of fused-ring (bicyclic) bond motifs is 4. The molecule has 0 aliphatic heterocycles. The first-order valence-electron chi connectivity index (χ1n) is 19.3. The highest BCUT2D eigenvalue weighted by Gasteiger charge is 2.37. The van der Waals surface area contributed by atoms with E-state index >= 15 is 0 Å². The second-order valence-electron chi connectivity index (χ2n) is 14.8. The summed E-state index contributed by atoms with van der Waals surface area (Å²) < 4.78 is 0. The molecule has 8 aromatic rings. The molecule has 0 unspecified atom stereocenters. The first-order valence-corrected chi connectivity index (χ1v) is 19.3. The Morgan fingerprint density at radius 1 is 0.596 bits per heavy atom. The summed E-state index contributed by atoms with van der Waals surface area (Å²) in [6.45, 7) is 14.6. The predicted molar refractivity (Wildman–Crippen MR) is 241 cm³/mol. The van der Waals surface area contributed by atoms with Crippen LogP contribution in [-0.4, -0.2) is 22.4 Å². The molecule has 0 amide bonds. The fourth-order valence-electron chi connectivity index (χ4n) is 7.81. The molecule has 1 aliphatic rings. The van der Waals surface area contributed by atoms with Crippen molar-refractivity contribution < 1.29 is 0 Å². The molecule has 0 saturated heterocycles. The summed E-state index contributed by atoms with van der Waals surface area (Å²) >= 11 is 0. The van der Waals surface area contributed by atoms with Gasteiger partial charge < -0.3 is 0 Å². The van der Waals surface area contributed by atoms with Crippen LogP contribution < -0.4 is 0 Å². The maximum absolute atomic E-state index is 5.25. The van der Waals surface area contributed by atoms with Crippen molar-refractivity contribution in [3.8, 4) is 44.9 Å². The molecule has 4 nitrogen and oxygen atoms in total. The molecular weight excluding hydrogens is 693 g/mol. The van der Waals surface area contributed by atoms with Gasteiger partial charge in [-0.2, -0.15) is 0 Å². The molecule has 1 aromatic heterocycles. The number of para-hydroxylation sites is 1. The fourth-order valence-corrected chi connectivity index (χ4v) is 7.81. The molecular formula is C53H44N4. The standard InChI is InChI=1S/C44H35N3.C9H9N/c1-29(45-28-30-15-6-4-7-16-30)33-19-10-11-20-34(33)32-25-26-35-39(27-32)44(2,3)38-23-14-22-37(41(35)38)43-46-40-24-13-12-21-36(40)42(47-43)31-17-8-5-9-18-31;1-8(10-2)9-6-4-3-5-7-9/h4-27H,28H2,1-3H3;3-7H,1-2H2. The minimum Gasteiger partial charge on any atom is -0.285 e. The number of benzene rings is 7. The fraction of sp³-hybridized carbons (Fsp3) is 0.0943. The van der Waals surface area contributed by atoms with Crippen molar-refractivity contribution in [1.29, 1.82) is 0 Å². The zero-order valence-corrected chi connectivity index (χ0v) is 32.7. The van der Waals surface area contributed by atoms with Crippen LogP contribution in [0, 0.1) is 0 Å². The average molecular weight is 737 g/mol. The highest BCUT2D eigenvalue weighted by Crippen LogP contribution is 2.53. The third-order valence-electron chi connectivity index (χ3n) is 10.9. The third-order valence-corrected chi connectivity index (χ3v) is 10.9. The maximum atomic E-state index is 5.25. The van der Waals surface area contributed by atoms with Crippen LogP contribution in [0.15, 0.2) is 192 Å². The van der Waals surface area contributed by atoms with Gasteiger partial charge in [0.15, 0.2) is 5.82 Å². The Bertz CT molecular complexity index is 2770. The lowest BCUT2D eigenvalue weighted by atomic mass is 9.81. The van der Waals surface area contributed by atoms with Crippen LogP contribution in [0.25, 0.3) is 61.5 Å². The number of hydrogen-bond donors (Lipinski definition) is 0. The van der Waals surface area contributed by atoms with E-state index in [1.807, 2.05) is 42.5 Å². The molecule has 7 aromatic carbocycles. The molecule has 0 fully saturated rings. The van der Waals surface area contributed by atoms with Gasteiger partial charge in [0, 0.05) is 33.2 Å². The van der Waals surface area contributed by atoms with Crippen LogP contribution in [0.5, 0.6) is 0 Å². The van der Waals surface area contributed by atoms with Crippen LogP contribution in [-0.2, 0) is 12.0 Å². The Kier molecular flexibility index (Phi) is 10.3. The van der Waals surface area contributed by atoms with Gasteiger partial charge in [0.05, 0.1) is 23.5 Å². The van der Waals surface area contributed by atoms with Gasteiger partial charge in [-0.15, -0.1) is 0 Å². The quantitative estimate of drug-likeness (QED) is 0.146. The summed E-state index contributed by atoms with van der Waals surface area (Å²) in [5.74, 6) is 0.753. The summed E-state index contributed by atoms with van der Waals surface area (Å²) in [4.78, 5) is 19.1. The minimum absolute atomic E-state index is 0.193. The lowest BCUT2D eigenvalue weighted by Crippen LogP contribution is -2.15. The molecule has 57 heavy (non-hydrogen) atoms. The number of hydrogen-bond acceptors (Lipinski definition) is 4. The molecule has 0 spiro atoms. The first-order chi connectivity index (χ1) is 27.8. The summed E-state index contributed by atoms with van der Waals surface area (Å²) in [5.41, 5.74) is 16.5. The molecule has 0 bridgehead atoms. The molecule has 276 valence electrons. The van der Waals surface area contributed by atoms with Gasteiger partial charge in [0.25, 0.3) is 0 Å². The zero-order valence-electron chi connectivity index (χ0n) is 32.7. The van der Waals surface area contributed by atoms with Crippen LogP contribution >= 0.6 is 0 Å². The molecule has 0 radical (unpaired) electrons. The molecule has 4 heteroatoms. The van der Waals surface area contributed by atoms with E-state index in [0.29, 0.717) is 6.54 Å². The smallest absolute Gasteiger partial charge is 0.161 e. The van der Waals surface area contributed by atoms with E-state index in [1.165, 1.54) is 38.9 Å². The lowest BCUT2D eigenvalue weighted by molar-refractivity contribution is 0.660. The second-order valence-corrected chi connectivity index (χ2v) is 14.8. The Labute approximate surface area is 335 Å². The van der Waals surface area contributed by atoms with Gasteiger partial charge in [-0.05, 0) is 70.3 Å². The van der Waals surface area contributed by atoms with Gasteiger partial charge in [0.1, 0.15) is 0 Å². The van der Waals surface area contributed by atoms with Crippen molar-refractivity contribution in [2.45, 2.75) is 32.7 Å². The Hall–Kier alpha value is -7.04. The van der Waals surface area contributed by atoms with E-state index in [1.54, 1.807) is 0 Å². The van der Waals surface area contributed by atoms with E-state index in [4.69, 9.17) is 15.0 Å². The Morgan fingerprint density at radius 2 is 1.25 bits per heavy atom. The Balaban J connectivity index is 0.000000399. The zero-order chi connectivity index (χ0) is 39.4. The maximum Gasteiger partial charge on any atom is 0.161 e. The minimum atomic E-state index is -0.193. The summed E-state index contributed by atoms with van der Waals surface area (Å²) in [6.07, 6.45) is 0. The first kappa shape index (κ1) is 36.9. The highest BCUT2D eigenvalue weighted by molar-refractivity contribution is 6.05. The number of aromatic nitrogens is 2. The van der Waals surface area contributed by atoms with E-state index in [0.717, 1.165) is 56.1 Å². The molecule has 1 aliphatic carbocycles. The normalized spacial score (nSPS) is 12.6. The van der Waals surface area contributed by atoms with Gasteiger partial charge in [-0.25, -0.2) is 9.97 Å². The van der Waals surface area contributed by atoms with Crippen LogP contribution in [0.1, 0.15) is 48.6 Å². The van der Waals surface area contributed by atoms with Crippen molar-refractivity contribution in [2.24, 2.45) is 9.98 Å². The third kappa shape index (κ3) is 7.38. The predicted octanol–water partition coefficient (Wildman–Crippen LogP) is 13.3. The van der Waals surface area contributed by atoms with Crippen molar-refractivity contribution in [1.82, 2.24) is 9.97 Å². The number of aliphatic imine (C=N–C) groups is 2. The Morgan fingerprint density at radius 3 is 2.00 bits per heavy atom. The van der Waals surface area contributed by atoms with Crippen molar-refractivity contribution in [3.05, 3.63) is 210 Å². The number of nitrogens with zero attached hydrogens (tertiary/aromatic N) is 4. The van der Waals surface area contributed by atoms with Gasteiger partial charge in [-0.3, -0.25) is 9.98 Å². The SMILES string of the molecule is C=NC(=C)c1ccccc1.CC(=NCc1ccccc1)c1ccccc1-c1ccc2c(c1)C(C)(C)c1cccc(-c3nc(-c4ccccc4)c4ccccc4n3)c1-2. The number of rotatable bonds is 8. The van der Waals surface area contributed by atoms with E-state index in [9.17, 15) is 0 Å². The van der Waals surface area contributed by atoms with Crippen molar-refractivity contribution >= 4 is 29.0 Å². The van der Waals surface area contributed by atoms with E-state index < -0.39 is 0 Å². The van der Waals surface area contributed by atoms with E-state index in [2.05, 4.69) is 173 Å². The molecule has 0 N–H and O–H groups in total.